The van der Waals surface area contributed by atoms with Crippen LogP contribution in [0.15, 0.2) is 83.9 Å². The highest BCUT2D eigenvalue weighted by atomic mass is 32.2. The number of piperidine rings is 1. The first-order chi connectivity index (χ1) is 35.4. The lowest BCUT2D eigenvalue weighted by Gasteiger charge is -2.68. The number of nitrogens with one attached hydrogen (secondary N) is 3. The van der Waals surface area contributed by atoms with Crippen LogP contribution < -0.4 is 24.6 Å². The van der Waals surface area contributed by atoms with E-state index in [1.165, 1.54) is 23.3 Å². The number of benzene rings is 3. The number of morpholine rings is 1. The predicted molar refractivity (Wildman–Crippen MR) is 284 cm³/mol. The zero-order valence-electron chi connectivity index (χ0n) is 43.1. The Hall–Kier alpha value is -5.79. The summed E-state index contributed by atoms with van der Waals surface area (Å²) in [6.45, 7) is 16.4. The second kappa shape index (κ2) is 19.4. The van der Waals surface area contributed by atoms with Gasteiger partial charge < -0.3 is 39.4 Å². The van der Waals surface area contributed by atoms with Crippen molar-refractivity contribution in [2.45, 2.75) is 127 Å². The number of sulfonamides is 1. The van der Waals surface area contributed by atoms with Gasteiger partial charge in [-0.05, 0) is 135 Å². The number of nitrogens with zero attached hydrogens (tertiary/aromatic N) is 5. The molecular weight excluding hydrogens is 961 g/mol. The van der Waals surface area contributed by atoms with E-state index in [4.69, 9.17) is 19.2 Å². The number of hydrogen-bond acceptors (Lipinski definition) is 14. The van der Waals surface area contributed by atoms with Gasteiger partial charge in [0.1, 0.15) is 23.1 Å². The van der Waals surface area contributed by atoms with Crippen molar-refractivity contribution < 1.29 is 37.5 Å². The molecule has 74 heavy (non-hydrogen) atoms. The second-order valence-corrected chi connectivity index (χ2v) is 24.6. The largest absolute Gasteiger partial charge is 0.468 e. The lowest BCUT2D eigenvalue weighted by atomic mass is 9.44. The number of nitro benzene ring substituents is 1. The molecule has 3 aromatic carbocycles. The van der Waals surface area contributed by atoms with Gasteiger partial charge >= 0.3 is 0 Å². The van der Waals surface area contributed by atoms with Crippen molar-refractivity contribution in [2.75, 3.05) is 67.7 Å². The Balaban J connectivity index is 0.882. The Morgan fingerprint density at radius 2 is 1.70 bits per heavy atom. The first-order valence-electron chi connectivity index (χ1n) is 26.6. The average Bonchev–Trinajstić information content (AvgIpc) is 3.86. The molecule has 0 radical (unpaired) electrons. The minimum absolute atomic E-state index is 0.0441. The summed E-state index contributed by atoms with van der Waals surface area (Å²) in [6, 6.07) is 22.3. The van der Waals surface area contributed by atoms with Crippen LogP contribution >= 0.6 is 0 Å². The van der Waals surface area contributed by atoms with Gasteiger partial charge in [0.15, 0.2) is 0 Å². The van der Waals surface area contributed by atoms with E-state index in [0.717, 1.165) is 75.5 Å². The zero-order chi connectivity index (χ0) is 51.7. The fourth-order valence-electron chi connectivity index (χ4n) is 13.3. The van der Waals surface area contributed by atoms with Crippen molar-refractivity contribution in [1.82, 2.24) is 19.6 Å². The number of carbonyl (C=O) groups excluding carboxylic acids is 1. The number of H-pyrrole nitrogens is 1. The number of anilines is 4. The minimum Gasteiger partial charge on any atom is -0.468 e. The Kier molecular flexibility index (Phi) is 13.2. The quantitative estimate of drug-likeness (QED) is 0.0680. The fraction of sp³-hybridized carbons (Fsp3) is 0.536. The van der Waals surface area contributed by atoms with Crippen LogP contribution in [0.25, 0.3) is 11.0 Å². The van der Waals surface area contributed by atoms with Crippen LogP contribution in [0.5, 0.6) is 5.88 Å². The molecule has 4 aliphatic heterocycles. The molecular formula is C56H70N8O9S. The van der Waals surface area contributed by atoms with Crippen molar-refractivity contribution in [2.24, 2.45) is 16.7 Å². The summed E-state index contributed by atoms with van der Waals surface area (Å²) in [5.41, 5.74) is 4.77. The molecule has 1 amide bonds. The number of nitro groups is 1. The highest BCUT2D eigenvalue weighted by Crippen LogP contribution is 2.64. The molecule has 17 nitrogen and oxygen atoms in total. The van der Waals surface area contributed by atoms with E-state index in [9.17, 15) is 28.4 Å². The van der Waals surface area contributed by atoms with Gasteiger partial charge in [0.2, 0.25) is 5.88 Å². The van der Waals surface area contributed by atoms with Crippen LogP contribution in [0.1, 0.15) is 119 Å². The van der Waals surface area contributed by atoms with Crippen molar-refractivity contribution in [1.29, 1.82) is 0 Å². The lowest BCUT2D eigenvalue weighted by molar-refractivity contribution is -0.384. The molecule has 0 unspecified atom stereocenters. The standard InChI is InChI=1S/C56H70N8O9S/c1-35(2)40-8-6-7-9-41(40)48-33-72-27-25-62(48)50-31-56(54(50,3)4)20-23-61(24-21-56)38-10-12-42(45(29-38)63-44-17-26-71-34-49(44)73-53-47(63)28-37-16-22-57-51(37)59-53)52(65)60-74(69,70)39-11-13-43(46(30-39)64(67)68)58-32-36-14-18-55(5,66)19-15-36/h6-13,16,22,28-30,35-36,44,48-50,58,66H,14-15,17-21,23-27,31-34H2,1-5H3,(H,57,59)(H,60,65)/t36-,44-,48-,49-,50+,55-/m0/s1. The van der Waals surface area contributed by atoms with Gasteiger partial charge in [0.05, 0.1) is 58.6 Å². The highest BCUT2D eigenvalue weighted by Gasteiger charge is 2.62. The molecule has 2 saturated carbocycles. The molecule has 11 rings (SSSR count). The van der Waals surface area contributed by atoms with Crippen molar-refractivity contribution in [3.05, 3.63) is 106 Å². The highest BCUT2D eigenvalue weighted by molar-refractivity contribution is 7.90. The maximum atomic E-state index is 14.8. The molecule has 6 aliphatic rings. The molecule has 6 heterocycles. The van der Waals surface area contributed by atoms with E-state index in [1.54, 1.807) is 6.07 Å². The van der Waals surface area contributed by atoms with Gasteiger partial charge in [0.25, 0.3) is 21.6 Å². The minimum atomic E-state index is -4.63. The molecule has 18 heteroatoms. The van der Waals surface area contributed by atoms with Crippen LogP contribution in [0.4, 0.5) is 28.4 Å². The van der Waals surface area contributed by atoms with Crippen LogP contribution in [0.3, 0.4) is 0 Å². The number of rotatable bonds is 12. The summed E-state index contributed by atoms with van der Waals surface area (Å²) in [6.07, 6.45) is 7.82. The lowest BCUT2D eigenvalue weighted by Crippen LogP contribution is -2.68. The van der Waals surface area contributed by atoms with Gasteiger partial charge in [0, 0.05) is 62.2 Å². The molecule has 2 aliphatic carbocycles. The predicted octanol–water partition coefficient (Wildman–Crippen LogP) is 9.21. The summed E-state index contributed by atoms with van der Waals surface area (Å²) in [4.78, 5) is 41.4. The monoisotopic (exact) mass is 1030 g/mol. The van der Waals surface area contributed by atoms with E-state index < -0.39 is 43.1 Å². The number of carbonyl (C=O) groups is 1. The molecule has 3 saturated heterocycles. The second-order valence-electron chi connectivity index (χ2n) is 22.9. The molecule has 5 aromatic rings. The SMILES string of the molecule is CC(C)c1ccccc1[C@@H]1COCCN1[C@@H]1CC2(CCN(c3ccc(C(=O)NS(=O)(=O)c4ccc(NC[C@H]5CC[C@](C)(O)CC5)c([N+](=O)[O-])c4)c(N4c5cc6cc[nH]c6nc5O[C@H]5COCC[C@@H]54)c3)CC2)C1(C)C. The topological polar surface area (TPSA) is 205 Å². The summed E-state index contributed by atoms with van der Waals surface area (Å²) in [5.74, 6) is 0.0918. The Morgan fingerprint density at radius 3 is 2.46 bits per heavy atom. The van der Waals surface area contributed by atoms with Crippen LogP contribution in [0.2, 0.25) is 0 Å². The third-order valence-corrected chi connectivity index (χ3v) is 19.3. The molecule has 4 atom stereocenters. The number of amides is 1. The number of aromatic amines is 1. The van der Waals surface area contributed by atoms with Crippen LogP contribution in [-0.2, 0) is 19.5 Å². The van der Waals surface area contributed by atoms with Crippen LogP contribution in [0, 0.1) is 26.9 Å². The molecule has 4 N–H and O–H groups in total. The van der Waals surface area contributed by atoms with Crippen LogP contribution in [-0.4, -0.2) is 116 Å². The molecule has 394 valence electrons. The Labute approximate surface area is 433 Å². The van der Waals surface area contributed by atoms with E-state index in [0.29, 0.717) is 80.5 Å². The maximum Gasteiger partial charge on any atom is 0.293 e. The van der Waals surface area contributed by atoms with Gasteiger partial charge in [-0.1, -0.05) is 52.0 Å². The molecule has 2 aromatic heterocycles. The number of ether oxygens (including phenoxy) is 3. The maximum absolute atomic E-state index is 14.8. The zero-order valence-corrected chi connectivity index (χ0v) is 44.0. The number of hydrogen-bond donors (Lipinski definition) is 4. The molecule has 5 fully saturated rings. The first-order valence-corrected chi connectivity index (χ1v) is 28.1. The fourth-order valence-corrected chi connectivity index (χ4v) is 14.3. The summed E-state index contributed by atoms with van der Waals surface area (Å²) in [7, 11) is -4.63. The Morgan fingerprint density at radius 1 is 0.932 bits per heavy atom. The van der Waals surface area contributed by atoms with E-state index >= 15 is 0 Å². The first kappa shape index (κ1) is 50.4. The summed E-state index contributed by atoms with van der Waals surface area (Å²) < 4.78 is 49.4. The third-order valence-electron chi connectivity index (χ3n) is 18.0. The van der Waals surface area contributed by atoms with Crippen molar-refractivity contribution in [3.63, 3.8) is 0 Å². The van der Waals surface area contributed by atoms with Gasteiger partial charge in [-0.2, -0.15) is 4.98 Å². The van der Waals surface area contributed by atoms with E-state index in [1.807, 2.05) is 37.4 Å². The number of fused-ring (bicyclic) bond motifs is 3. The van der Waals surface area contributed by atoms with Gasteiger partial charge in [-0.15, -0.1) is 0 Å². The summed E-state index contributed by atoms with van der Waals surface area (Å²) in [5, 5.41) is 26.8. The Bertz CT molecular complexity index is 3050. The van der Waals surface area contributed by atoms with Gasteiger partial charge in [-0.3, -0.25) is 19.8 Å². The van der Waals surface area contributed by atoms with E-state index in [2.05, 4.69) is 81.7 Å². The van der Waals surface area contributed by atoms with Gasteiger partial charge in [-0.25, -0.2) is 13.1 Å². The van der Waals surface area contributed by atoms with Crippen molar-refractivity contribution in [3.8, 4) is 5.88 Å². The smallest absolute Gasteiger partial charge is 0.293 e. The molecule has 1 spiro atoms. The summed E-state index contributed by atoms with van der Waals surface area (Å²) >= 11 is 0. The van der Waals surface area contributed by atoms with Crippen molar-refractivity contribution >= 4 is 55.4 Å². The number of pyridine rings is 1. The number of aliphatic hydroxyl groups is 1. The average molecular weight is 1030 g/mol. The van der Waals surface area contributed by atoms with E-state index in [-0.39, 0.29) is 40.1 Å². The number of aromatic nitrogens is 2. The third kappa shape index (κ3) is 9.17. The molecule has 0 bridgehead atoms. The normalized spacial score (nSPS) is 26.7.